The summed E-state index contributed by atoms with van der Waals surface area (Å²) < 4.78 is 0. The lowest BCUT2D eigenvalue weighted by Gasteiger charge is -2.28. The van der Waals surface area contributed by atoms with Crippen molar-refractivity contribution in [1.82, 2.24) is 9.88 Å². The van der Waals surface area contributed by atoms with E-state index in [1.807, 2.05) is 39.2 Å². The van der Waals surface area contributed by atoms with Crippen LogP contribution in [0.5, 0.6) is 0 Å². The molecule has 94 valence electrons. The number of carboxylic acids is 1. The van der Waals surface area contributed by atoms with Crippen molar-refractivity contribution < 1.29 is 9.90 Å². The van der Waals surface area contributed by atoms with E-state index >= 15 is 0 Å². The Morgan fingerprint density at radius 3 is 2.76 bits per heavy atom. The van der Waals surface area contributed by atoms with Gasteiger partial charge in [0.25, 0.3) is 0 Å². The first-order chi connectivity index (χ1) is 7.89. The highest BCUT2D eigenvalue weighted by Gasteiger charge is 2.23. The van der Waals surface area contributed by atoms with E-state index in [9.17, 15) is 4.79 Å². The van der Waals surface area contributed by atoms with E-state index in [2.05, 4.69) is 9.88 Å². The topological polar surface area (TPSA) is 53.4 Å². The van der Waals surface area contributed by atoms with Crippen LogP contribution in [0.2, 0.25) is 0 Å². The summed E-state index contributed by atoms with van der Waals surface area (Å²) in [6, 6.07) is 3.93. The van der Waals surface area contributed by atoms with Crippen molar-refractivity contribution in [2.45, 2.75) is 26.8 Å². The highest BCUT2D eigenvalue weighted by Crippen LogP contribution is 2.21. The lowest BCUT2D eigenvalue weighted by atomic mass is 9.89. The Labute approximate surface area is 102 Å². The average molecular weight is 236 g/mol. The Balaban J connectivity index is 2.49. The zero-order chi connectivity index (χ0) is 12.9. The van der Waals surface area contributed by atoms with Crippen molar-refractivity contribution in [3.8, 4) is 0 Å². The van der Waals surface area contributed by atoms with Gasteiger partial charge in [0.05, 0.1) is 6.42 Å². The van der Waals surface area contributed by atoms with Crippen LogP contribution in [0.1, 0.15) is 25.8 Å². The third kappa shape index (κ3) is 5.45. The Morgan fingerprint density at radius 1 is 1.53 bits per heavy atom. The van der Waals surface area contributed by atoms with Crippen LogP contribution in [0.3, 0.4) is 0 Å². The molecule has 1 heterocycles. The van der Waals surface area contributed by atoms with E-state index in [0.717, 1.165) is 18.7 Å². The van der Waals surface area contributed by atoms with Gasteiger partial charge in [0.15, 0.2) is 0 Å². The number of carbonyl (C=O) groups is 1. The number of nitrogens with zero attached hydrogens (tertiary/aromatic N) is 2. The molecular formula is C13H20N2O2. The van der Waals surface area contributed by atoms with Gasteiger partial charge in [-0.15, -0.1) is 0 Å². The summed E-state index contributed by atoms with van der Waals surface area (Å²) in [4.78, 5) is 16.9. The van der Waals surface area contributed by atoms with E-state index in [-0.39, 0.29) is 11.8 Å². The molecule has 1 aromatic heterocycles. The lowest BCUT2D eigenvalue weighted by molar-refractivity contribution is -0.139. The number of carboxylic acid groups (broad SMARTS) is 1. The molecule has 0 amide bonds. The number of hydrogen-bond donors (Lipinski definition) is 1. The molecule has 17 heavy (non-hydrogen) atoms. The van der Waals surface area contributed by atoms with Crippen molar-refractivity contribution in [3.05, 3.63) is 30.1 Å². The third-order valence-corrected chi connectivity index (χ3v) is 2.50. The first-order valence-electron chi connectivity index (χ1n) is 5.68. The zero-order valence-electron chi connectivity index (χ0n) is 10.7. The fraction of sp³-hybridized carbons (Fsp3) is 0.538. The number of aromatic nitrogens is 1. The second kappa shape index (κ2) is 5.77. The average Bonchev–Trinajstić information content (AvgIpc) is 2.15. The maximum Gasteiger partial charge on any atom is 0.303 e. The second-order valence-electron chi connectivity index (χ2n) is 5.27. The highest BCUT2D eigenvalue weighted by atomic mass is 16.4. The SMILES string of the molecule is CN(Cc1cccnc1)CC(C)(C)CC(=O)O. The largest absolute Gasteiger partial charge is 0.481 e. The maximum atomic E-state index is 10.7. The van der Waals surface area contributed by atoms with Crippen LogP contribution < -0.4 is 0 Å². The molecule has 1 N–H and O–H groups in total. The molecule has 4 heteroatoms. The van der Waals surface area contributed by atoms with Gasteiger partial charge >= 0.3 is 5.97 Å². The summed E-state index contributed by atoms with van der Waals surface area (Å²) >= 11 is 0. The molecule has 0 spiro atoms. The van der Waals surface area contributed by atoms with E-state index in [0.29, 0.717) is 0 Å². The summed E-state index contributed by atoms with van der Waals surface area (Å²) in [7, 11) is 2.00. The Kier molecular flexibility index (Phi) is 4.63. The van der Waals surface area contributed by atoms with Crippen molar-refractivity contribution in [1.29, 1.82) is 0 Å². The molecule has 0 aliphatic carbocycles. The quantitative estimate of drug-likeness (QED) is 0.821. The van der Waals surface area contributed by atoms with Crippen LogP contribution in [0.15, 0.2) is 24.5 Å². The van der Waals surface area contributed by atoms with Crippen molar-refractivity contribution >= 4 is 5.97 Å². The molecule has 1 rings (SSSR count). The summed E-state index contributed by atoms with van der Waals surface area (Å²) in [5.41, 5.74) is 0.920. The highest BCUT2D eigenvalue weighted by molar-refractivity contribution is 5.67. The first kappa shape index (κ1) is 13.6. The fourth-order valence-corrected chi connectivity index (χ4v) is 2.06. The number of aliphatic carboxylic acids is 1. The van der Waals surface area contributed by atoms with Gasteiger partial charge in [0.1, 0.15) is 0 Å². The van der Waals surface area contributed by atoms with Gasteiger partial charge < -0.3 is 10.0 Å². The van der Waals surface area contributed by atoms with Gasteiger partial charge in [-0.05, 0) is 24.1 Å². The van der Waals surface area contributed by atoms with Gasteiger partial charge in [-0.3, -0.25) is 9.78 Å². The molecule has 1 aromatic rings. The first-order valence-corrected chi connectivity index (χ1v) is 5.68. The summed E-state index contributed by atoms with van der Waals surface area (Å²) in [6.45, 7) is 5.48. The summed E-state index contributed by atoms with van der Waals surface area (Å²) in [5, 5.41) is 8.82. The molecule has 0 aromatic carbocycles. The molecule has 0 aliphatic rings. The molecule has 4 nitrogen and oxygen atoms in total. The summed E-state index contributed by atoms with van der Waals surface area (Å²) in [6.07, 6.45) is 3.77. The third-order valence-electron chi connectivity index (χ3n) is 2.50. The molecule has 0 saturated carbocycles. The molecule has 0 aliphatic heterocycles. The van der Waals surface area contributed by atoms with Crippen molar-refractivity contribution in [2.75, 3.05) is 13.6 Å². The van der Waals surface area contributed by atoms with E-state index in [1.165, 1.54) is 0 Å². The van der Waals surface area contributed by atoms with Gasteiger partial charge in [-0.1, -0.05) is 19.9 Å². The fourth-order valence-electron chi connectivity index (χ4n) is 2.06. The standard InChI is InChI=1S/C13H20N2O2/c1-13(2,7-12(16)17)10-15(3)9-11-5-4-6-14-8-11/h4-6,8H,7,9-10H2,1-3H3,(H,16,17). The normalized spacial score (nSPS) is 11.8. The Hall–Kier alpha value is -1.42. The van der Waals surface area contributed by atoms with Gasteiger partial charge in [0.2, 0.25) is 0 Å². The molecule has 0 unspecified atom stereocenters. The van der Waals surface area contributed by atoms with Gasteiger partial charge in [-0.25, -0.2) is 0 Å². The molecule has 0 atom stereocenters. The van der Waals surface area contributed by atoms with E-state index in [4.69, 9.17) is 5.11 Å². The predicted octanol–water partition coefficient (Wildman–Crippen LogP) is 2.01. The molecule has 0 fully saturated rings. The van der Waals surface area contributed by atoms with E-state index in [1.54, 1.807) is 6.20 Å². The molecule has 0 radical (unpaired) electrons. The monoisotopic (exact) mass is 236 g/mol. The zero-order valence-corrected chi connectivity index (χ0v) is 10.7. The Morgan fingerprint density at radius 2 is 2.24 bits per heavy atom. The predicted molar refractivity (Wildman–Crippen MR) is 66.6 cm³/mol. The van der Waals surface area contributed by atoms with Crippen LogP contribution in [0.25, 0.3) is 0 Å². The Bertz CT molecular complexity index is 363. The molecular weight excluding hydrogens is 216 g/mol. The molecule has 0 bridgehead atoms. The van der Waals surface area contributed by atoms with Crippen LogP contribution >= 0.6 is 0 Å². The second-order valence-corrected chi connectivity index (χ2v) is 5.27. The minimum Gasteiger partial charge on any atom is -0.481 e. The van der Waals surface area contributed by atoms with E-state index < -0.39 is 5.97 Å². The number of pyridine rings is 1. The minimum absolute atomic E-state index is 0.185. The van der Waals surface area contributed by atoms with Crippen LogP contribution in [-0.4, -0.2) is 34.6 Å². The molecule has 0 saturated heterocycles. The minimum atomic E-state index is -0.746. The number of rotatable bonds is 6. The lowest BCUT2D eigenvalue weighted by Crippen LogP contribution is -2.32. The van der Waals surface area contributed by atoms with Crippen LogP contribution in [0, 0.1) is 5.41 Å². The van der Waals surface area contributed by atoms with Gasteiger partial charge in [0, 0.05) is 25.5 Å². The van der Waals surface area contributed by atoms with Crippen molar-refractivity contribution in [2.24, 2.45) is 5.41 Å². The maximum absolute atomic E-state index is 10.7. The summed E-state index contributed by atoms with van der Waals surface area (Å²) in [5.74, 6) is -0.746. The number of hydrogen-bond acceptors (Lipinski definition) is 3. The van der Waals surface area contributed by atoms with Gasteiger partial charge in [-0.2, -0.15) is 0 Å². The van der Waals surface area contributed by atoms with Crippen LogP contribution in [0.4, 0.5) is 0 Å². The van der Waals surface area contributed by atoms with Crippen molar-refractivity contribution in [3.63, 3.8) is 0 Å². The smallest absolute Gasteiger partial charge is 0.303 e. The van der Waals surface area contributed by atoms with Crippen LogP contribution in [-0.2, 0) is 11.3 Å².